The van der Waals surface area contributed by atoms with Crippen molar-refractivity contribution in [3.05, 3.63) is 76.0 Å². The van der Waals surface area contributed by atoms with Gasteiger partial charge in [0, 0.05) is 30.0 Å². The van der Waals surface area contributed by atoms with Crippen molar-refractivity contribution in [2.45, 2.75) is 25.6 Å². The third-order valence-corrected chi connectivity index (χ3v) is 5.27. The Hall–Kier alpha value is -2.67. The Bertz CT molecular complexity index is 1040. The summed E-state index contributed by atoms with van der Waals surface area (Å²) < 4.78 is 15.0. The highest BCUT2D eigenvalue weighted by atomic mass is 32.2. The maximum Gasteiger partial charge on any atom is 0.274 e. The van der Waals surface area contributed by atoms with Gasteiger partial charge in [-0.25, -0.2) is 9.07 Å². The van der Waals surface area contributed by atoms with Crippen LogP contribution in [0.1, 0.15) is 29.4 Å². The SMILES string of the molecule is CCCn1nc(C(=O)NCCSCc2ccccc2F)c2ccccc2c1=O. The molecular formula is C21H22FN3O2S. The van der Waals surface area contributed by atoms with Gasteiger partial charge in [0.15, 0.2) is 5.69 Å². The van der Waals surface area contributed by atoms with E-state index in [0.717, 1.165) is 6.42 Å². The number of thioether (sulfide) groups is 1. The number of amides is 1. The molecule has 0 aliphatic rings. The number of carbonyl (C=O) groups is 1. The number of nitrogens with zero attached hydrogens (tertiary/aromatic N) is 2. The smallest absolute Gasteiger partial charge is 0.274 e. The van der Waals surface area contributed by atoms with Gasteiger partial charge in [-0.2, -0.15) is 16.9 Å². The molecule has 0 radical (unpaired) electrons. The van der Waals surface area contributed by atoms with Crippen LogP contribution in [0.15, 0.2) is 53.3 Å². The summed E-state index contributed by atoms with van der Waals surface area (Å²) in [6.07, 6.45) is 0.749. The van der Waals surface area contributed by atoms with Crippen LogP contribution in [0, 0.1) is 5.82 Å². The van der Waals surface area contributed by atoms with Gasteiger partial charge in [-0.1, -0.05) is 43.3 Å². The minimum absolute atomic E-state index is 0.186. The normalized spacial score (nSPS) is 10.9. The first-order valence-electron chi connectivity index (χ1n) is 9.21. The molecule has 146 valence electrons. The predicted molar refractivity (Wildman–Crippen MR) is 111 cm³/mol. The monoisotopic (exact) mass is 399 g/mol. The molecule has 0 unspecified atom stereocenters. The van der Waals surface area contributed by atoms with Crippen LogP contribution in [-0.2, 0) is 12.3 Å². The quantitative estimate of drug-likeness (QED) is 0.588. The Morgan fingerprint density at radius 2 is 1.86 bits per heavy atom. The lowest BCUT2D eigenvalue weighted by molar-refractivity contribution is 0.0950. The zero-order chi connectivity index (χ0) is 19.9. The molecule has 1 aromatic heterocycles. The van der Waals surface area contributed by atoms with Crippen LogP contribution in [0.2, 0.25) is 0 Å². The fraction of sp³-hybridized carbons (Fsp3) is 0.286. The Labute approximate surface area is 167 Å². The Morgan fingerprint density at radius 3 is 2.61 bits per heavy atom. The van der Waals surface area contributed by atoms with Gasteiger partial charge in [0.05, 0.1) is 5.39 Å². The number of hydrogen-bond acceptors (Lipinski definition) is 4. The van der Waals surface area contributed by atoms with Gasteiger partial charge in [-0.3, -0.25) is 9.59 Å². The molecule has 2 aromatic carbocycles. The van der Waals surface area contributed by atoms with Gasteiger partial charge >= 0.3 is 0 Å². The predicted octanol–water partition coefficient (Wildman–Crippen LogP) is 3.61. The number of aryl methyl sites for hydroxylation is 1. The highest BCUT2D eigenvalue weighted by Crippen LogP contribution is 2.15. The number of benzene rings is 2. The van der Waals surface area contributed by atoms with E-state index in [9.17, 15) is 14.0 Å². The van der Waals surface area contributed by atoms with E-state index in [2.05, 4.69) is 10.4 Å². The molecule has 0 aliphatic carbocycles. The lowest BCUT2D eigenvalue weighted by Crippen LogP contribution is -2.31. The van der Waals surface area contributed by atoms with Gasteiger partial charge in [0.25, 0.3) is 11.5 Å². The summed E-state index contributed by atoms with van der Waals surface area (Å²) in [7, 11) is 0. The van der Waals surface area contributed by atoms with E-state index in [1.54, 1.807) is 48.2 Å². The fourth-order valence-corrected chi connectivity index (χ4v) is 3.73. The van der Waals surface area contributed by atoms with Crippen LogP contribution in [0.3, 0.4) is 0 Å². The molecule has 5 nitrogen and oxygen atoms in total. The average Bonchev–Trinajstić information content (AvgIpc) is 2.71. The summed E-state index contributed by atoms with van der Waals surface area (Å²) in [5.41, 5.74) is 0.718. The number of nitrogens with one attached hydrogen (secondary N) is 1. The fourth-order valence-electron chi connectivity index (χ4n) is 2.88. The van der Waals surface area contributed by atoms with Crippen LogP contribution < -0.4 is 10.9 Å². The summed E-state index contributed by atoms with van der Waals surface area (Å²) in [5.74, 6) is 0.665. The Kier molecular flexibility index (Phi) is 6.81. The molecule has 0 aliphatic heterocycles. The van der Waals surface area contributed by atoms with Gasteiger partial charge in [0.1, 0.15) is 5.82 Å². The third kappa shape index (κ3) is 4.59. The molecule has 1 amide bonds. The highest BCUT2D eigenvalue weighted by Gasteiger charge is 2.16. The third-order valence-electron chi connectivity index (χ3n) is 4.27. The van der Waals surface area contributed by atoms with E-state index >= 15 is 0 Å². The van der Waals surface area contributed by atoms with Crippen molar-refractivity contribution < 1.29 is 9.18 Å². The summed E-state index contributed by atoms with van der Waals surface area (Å²) >= 11 is 1.54. The van der Waals surface area contributed by atoms with Crippen molar-refractivity contribution in [2.75, 3.05) is 12.3 Å². The molecule has 0 saturated heterocycles. The van der Waals surface area contributed by atoms with Gasteiger partial charge in [0.2, 0.25) is 0 Å². The summed E-state index contributed by atoms with van der Waals surface area (Å²) in [5, 5.41) is 8.18. The van der Waals surface area contributed by atoms with Crippen LogP contribution in [0.5, 0.6) is 0 Å². The molecular weight excluding hydrogens is 377 g/mol. The molecule has 1 N–H and O–H groups in total. The van der Waals surface area contributed by atoms with Crippen molar-refractivity contribution in [3.8, 4) is 0 Å². The maximum atomic E-state index is 13.6. The van der Waals surface area contributed by atoms with Crippen molar-refractivity contribution in [2.24, 2.45) is 0 Å². The standard InChI is InChI=1S/C21H22FN3O2S/c1-2-12-25-21(27)17-9-5-4-8-16(17)19(24-25)20(26)23-11-13-28-14-15-7-3-6-10-18(15)22/h3-10H,2,11-14H2,1H3,(H,23,26). The highest BCUT2D eigenvalue weighted by molar-refractivity contribution is 7.98. The van der Waals surface area contributed by atoms with E-state index in [-0.39, 0.29) is 23.0 Å². The molecule has 3 rings (SSSR count). The summed E-state index contributed by atoms with van der Waals surface area (Å²) in [6.45, 7) is 2.85. The average molecular weight is 399 g/mol. The van der Waals surface area contributed by atoms with E-state index in [4.69, 9.17) is 0 Å². The molecule has 0 saturated carbocycles. The molecule has 1 heterocycles. The first kappa shape index (κ1) is 20.1. The van der Waals surface area contributed by atoms with E-state index in [0.29, 0.717) is 40.9 Å². The lowest BCUT2D eigenvalue weighted by atomic mass is 10.1. The second-order valence-electron chi connectivity index (χ2n) is 6.32. The van der Waals surface area contributed by atoms with E-state index in [1.807, 2.05) is 13.0 Å². The maximum absolute atomic E-state index is 13.6. The Balaban J connectivity index is 1.65. The molecule has 0 fully saturated rings. The van der Waals surface area contributed by atoms with Crippen LogP contribution in [0.4, 0.5) is 4.39 Å². The number of halogens is 1. The molecule has 0 spiro atoms. The van der Waals surface area contributed by atoms with Crippen molar-refractivity contribution in [3.63, 3.8) is 0 Å². The second-order valence-corrected chi connectivity index (χ2v) is 7.43. The number of fused-ring (bicyclic) bond motifs is 1. The zero-order valence-corrected chi connectivity index (χ0v) is 16.5. The largest absolute Gasteiger partial charge is 0.350 e. The van der Waals surface area contributed by atoms with Crippen LogP contribution in [-0.4, -0.2) is 28.0 Å². The van der Waals surface area contributed by atoms with Gasteiger partial charge in [-0.05, 0) is 24.1 Å². The molecule has 7 heteroatoms. The van der Waals surface area contributed by atoms with Gasteiger partial charge in [-0.15, -0.1) is 0 Å². The molecule has 0 atom stereocenters. The van der Waals surface area contributed by atoms with Gasteiger partial charge < -0.3 is 5.32 Å². The number of carbonyl (C=O) groups excluding carboxylic acids is 1. The number of rotatable bonds is 8. The van der Waals surface area contributed by atoms with Crippen LogP contribution >= 0.6 is 11.8 Å². The molecule has 0 bridgehead atoms. The van der Waals surface area contributed by atoms with E-state index in [1.165, 1.54) is 10.7 Å². The minimum atomic E-state index is -0.312. The van der Waals surface area contributed by atoms with Crippen molar-refractivity contribution in [1.29, 1.82) is 0 Å². The lowest BCUT2D eigenvalue weighted by Gasteiger charge is -2.11. The topological polar surface area (TPSA) is 64.0 Å². The molecule has 28 heavy (non-hydrogen) atoms. The minimum Gasteiger partial charge on any atom is -0.350 e. The van der Waals surface area contributed by atoms with Crippen molar-refractivity contribution in [1.82, 2.24) is 15.1 Å². The number of aromatic nitrogens is 2. The van der Waals surface area contributed by atoms with Crippen molar-refractivity contribution >= 4 is 28.4 Å². The Morgan fingerprint density at radius 1 is 1.14 bits per heavy atom. The first-order valence-corrected chi connectivity index (χ1v) is 10.4. The summed E-state index contributed by atoms with van der Waals surface area (Å²) in [4.78, 5) is 25.1. The second kappa shape index (κ2) is 9.50. The first-order chi connectivity index (χ1) is 13.6. The van der Waals surface area contributed by atoms with E-state index < -0.39 is 0 Å². The molecule has 3 aromatic rings. The van der Waals surface area contributed by atoms with Crippen LogP contribution in [0.25, 0.3) is 10.8 Å². The zero-order valence-electron chi connectivity index (χ0n) is 15.7. The summed E-state index contributed by atoms with van der Waals surface area (Å²) in [6, 6.07) is 13.7. The number of hydrogen-bond donors (Lipinski definition) is 1.